The van der Waals surface area contributed by atoms with Crippen LogP contribution >= 0.6 is 0 Å². The van der Waals surface area contributed by atoms with Crippen molar-refractivity contribution in [2.45, 2.75) is 6.04 Å². The van der Waals surface area contributed by atoms with E-state index >= 15 is 0 Å². The van der Waals surface area contributed by atoms with Crippen LogP contribution in [0, 0.1) is 0 Å². The molecule has 1 atom stereocenters. The largest absolute Gasteiger partial charge is 0.497 e. The molecule has 0 bridgehead atoms. The highest BCUT2D eigenvalue weighted by atomic mass is 16.5. The summed E-state index contributed by atoms with van der Waals surface area (Å²) in [6, 6.07) is 10.2. The van der Waals surface area contributed by atoms with Crippen LogP contribution in [0.2, 0.25) is 0 Å². The molecule has 1 aliphatic heterocycles. The Kier molecular flexibility index (Phi) is 4.39. The molecule has 3 heterocycles. The average molecular weight is 340 g/mol. The van der Waals surface area contributed by atoms with Crippen LogP contribution in [0.3, 0.4) is 0 Å². The van der Waals surface area contributed by atoms with Crippen LogP contribution in [0.15, 0.2) is 47.1 Å². The molecule has 0 saturated carbocycles. The molecule has 0 amide bonds. The number of nitrogens with zero attached hydrogens (tertiary/aromatic N) is 3. The van der Waals surface area contributed by atoms with Crippen LogP contribution in [0.5, 0.6) is 11.5 Å². The molecule has 1 aromatic carbocycles. The van der Waals surface area contributed by atoms with Gasteiger partial charge in [0, 0.05) is 31.9 Å². The second-order valence-corrected chi connectivity index (χ2v) is 5.88. The highest BCUT2D eigenvalue weighted by Gasteiger charge is 2.27. The van der Waals surface area contributed by atoms with E-state index in [1.165, 1.54) is 0 Å². The zero-order valence-corrected chi connectivity index (χ0v) is 14.0. The number of oxazole rings is 1. The fourth-order valence-electron chi connectivity index (χ4n) is 2.93. The number of rotatable bonds is 5. The third-order valence-electron chi connectivity index (χ3n) is 4.26. The molecule has 7 nitrogen and oxygen atoms in total. The van der Waals surface area contributed by atoms with Crippen molar-refractivity contribution < 1.29 is 13.9 Å². The topological polar surface area (TPSA) is 72.7 Å². The Balaban J connectivity index is 1.54. The van der Waals surface area contributed by atoms with E-state index in [9.17, 15) is 0 Å². The summed E-state index contributed by atoms with van der Waals surface area (Å²) in [5, 5.41) is 3.40. The lowest BCUT2D eigenvalue weighted by molar-refractivity contribution is 0.261. The Hall–Kier alpha value is -2.80. The maximum atomic E-state index is 5.97. The van der Waals surface area contributed by atoms with Crippen molar-refractivity contribution in [1.29, 1.82) is 0 Å². The number of nitrogens with one attached hydrogen (secondary N) is 1. The molecule has 1 saturated heterocycles. The van der Waals surface area contributed by atoms with Gasteiger partial charge in [0.15, 0.2) is 5.58 Å². The van der Waals surface area contributed by atoms with E-state index in [4.69, 9.17) is 13.9 Å². The van der Waals surface area contributed by atoms with Crippen molar-refractivity contribution in [2.24, 2.45) is 0 Å². The number of piperazine rings is 1. The smallest absolute Gasteiger partial charge is 0.298 e. The first-order chi connectivity index (χ1) is 12.3. The van der Waals surface area contributed by atoms with Crippen molar-refractivity contribution in [1.82, 2.24) is 15.3 Å². The number of ether oxygens (including phenoxy) is 2. The van der Waals surface area contributed by atoms with E-state index in [1.807, 2.05) is 30.3 Å². The first-order valence-corrected chi connectivity index (χ1v) is 8.28. The number of hydrogen-bond acceptors (Lipinski definition) is 7. The van der Waals surface area contributed by atoms with Gasteiger partial charge in [-0.1, -0.05) is 0 Å². The molecular formula is C18H20N4O3. The summed E-state index contributed by atoms with van der Waals surface area (Å²) < 4.78 is 17.1. The van der Waals surface area contributed by atoms with Crippen LogP contribution in [-0.4, -0.2) is 49.4 Å². The van der Waals surface area contributed by atoms with Gasteiger partial charge in [0.05, 0.1) is 19.3 Å². The minimum absolute atomic E-state index is 0.129. The lowest BCUT2D eigenvalue weighted by Gasteiger charge is -2.34. The number of hydrogen-bond donors (Lipinski definition) is 1. The predicted octanol–water partition coefficient (Wildman–Crippen LogP) is 2.09. The molecule has 0 aliphatic carbocycles. The fourth-order valence-corrected chi connectivity index (χ4v) is 2.93. The van der Waals surface area contributed by atoms with Crippen molar-refractivity contribution in [3.8, 4) is 11.5 Å². The molecule has 1 aliphatic rings. The molecule has 0 unspecified atom stereocenters. The standard InChI is InChI=1S/C18H20N4O3/c1-23-14-4-5-16-17(9-14)25-18(21-16)22-8-7-20-10-13(22)12-24-15-3-2-6-19-11-15/h2-6,9,11,13,20H,7-8,10,12H2,1H3/t13-/m0/s1. The van der Waals surface area contributed by atoms with Crippen molar-refractivity contribution >= 4 is 17.1 Å². The third kappa shape index (κ3) is 3.36. The van der Waals surface area contributed by atoms with E-state index in [0.717, 1.165) is 42.2 Å². The zero-order chi connectivity index (χ0) is 17.1. The molecule has 1 N–H and O–H groups in total. The summed E-state index contributed by atoms with van der Waals surface area (Å²) in [7, 11) is 1.64. The van der Waals surface area contributed by atoms with Gasteiger partial charge in [0.1, 0.15) is 23.6 Å². The third-order valence-corrected chi connectivity index (χ3v) is 4.26. The van der Waals surface area contributed by atoms with E-state index in [0.29, 0.717) is 12.6 Å². The van der Waals surface area contributed by atoms with E-state index in [-0.39, 0.29) is 6.04 Å². The van der Waals surface area contributed by atoms with Gasteiger partial charge >= 0.3 is 0 Å². The molecule has 0 spiro atoms. The SMILES string of the molecule is COc1ccc2nc(N3CCNC[C@H]3COc3cccnc3)oc2c1. The normalized spacial score (nSPS) is 17.6. The highest BCUT2D eigenvalue weighted by Crippen LogP contribution is 2.27. The molecule has 7 heteroatoms. The predicted molar refractivity (Wildman–Crippen MR) is 94.3 cm³/mol. The maximum absolute atomic E-state index is 5.97. The van der Waals surface area contributed by atoms with Crippen LogP contribution in [0.25, 0.3) is 11.1 Å². The Morgan fingerprint density at radius 3 is 3.12 bits per heavy atom. The lowest BCUT2D eigenvalue weighted by atomic mass is 10.2. The monoisotopic (exact) mass is 340 g/mol. The molecule has 25 heavy (non-hydrogen) atoms. The first kappa shape index (κ1) is 15.7. The first-order valence-electron chi connectivity index (χ1n) is 8.28. The average Bonchev–Trinajstić information content (AvgIpc) is 3.10. The minimum atomic E-state index is 0.129. The van der Waals surface area contributed by atoms with Crippen molar-refractivity contribution in [3.63, 3.8) is 0 Å². The number of anilines is 1. The van der Waals surface area contributed by atoms with Gasteiger partial charge in [-0.2, -0.15) is 4.98 Å². The Labute approximate surface area is 145 Å². The van der Waals surface area contributed by atoms with E-state index in [1.54, 1.807) is 19.5 Å². The zero-order valence-electron chi connectivity index (χ0n) is 14.0. The van der Waals surface area contributed by atoms with Gasteiger partial charge in [0.25, 0.3) is 6.01 Å². The van der Waals surface area contributed by atoms with Gasteiger partial charge < -0.3 is 24.1 Å². The van der Waals surface area contributed by atoms with Crippen LogP contribution in [0.1, 0.15) is 0 Å². The van der Waals surface area contributed by atoms with Gasteiger partial charge in [-0.25, -0.2) is 0 Å². The van der Waals surface area contributed by atoms with Gasteiger partial charge in [-0.15, -0.1) is 0 Å². The summed E-state index contributed by atoms with van der Waals surface area (Å²) >= 11 is 0. The summed E-state index contributed by atoms with van der Waals surface area (Å²) in [6.45, 7) is 3.03. The number of benzene rings is 1. The molecule has 1 fully saturated rings. The summed E-state index contributed by atoms with van der Waals surface area (Å²) in [5.74, 6) is 1.52. The van der Waals surface area contributed by atoms with Crippen LogP contribution < -0.4 is 19.7 Å². The molecular weight excluding hydrogens is 320 g/mol. The Bertz CT molecular complexity index is 837. The quantitative estimate of drug-likeness (QED) is 0.762. The summed E-state index contributed by atoms with van der Waals surface area (Å²) in [4.78, 5) is 10.9. The van der Waals surface area contributed by atoms with Gasteiger partial charge in [-0.3, -0.25) is 4.98 Å². The number of pyridine rings is 1. The maximum Gasteiger partial charge on any atom is 0.298 e. The van der Waals surface area contributed by atoms with Crippen LogP contribution in [0.4, 0.5) is 6.01 Å². The second-order valence-electron chi connectivity index (χ2n) is 5.88. The van der Waals surface area contributed by atoms with Crippen molar-refractivity contribution in [2.75, 3.05) is 38.3 Å². The lowest BCUT2D eigenvalue weighted by Crippen LogP contribution is -2.54. The molecule has 2 aromatic heterocycles. The number of aromatic nitrogens is 2. The Morgan fingerprint density at radius 1 is 1.32 bits per heavy atom. The van der Waals surface area contributed by atoms with Crippen LogP contribution in [-0.2, 0) is 0 Å². The van der Waals surface area contributed by atoms with E-state index in [2.05, 4.69) is 20.2 Å². The number of methoxy groups -OCH3 is 1. The summed E-state index contributed by atoms with van der Waals surface area (Å²) in [6.07, 6.45) is 3.44. The Morgan fingerprint density at radius 2 is 2.28 bits per heavy atom. The van der Waals surface area contributed by atoms with Gasteiger partial charge in [0.2, 0.25) is 0 Å². The fraction of sp³-hybridized carbons (Fsp3) is 0.333. The molecule has 3 aromatic rings. The molecule has 4 rings (SSSR count). The summed E-state index contributed by atoms with van der Waals surface area (Å²) in [5.41, 5.74) is 1.54. The molecule has 0 radical (unpaired) electrons. The minimum Gasteiger partial charge on any atom is -0.497 e. The number of fused-ring (bicyclic) bond motifs is 1. The van der Waals surface area contributed by atoms with E-state index < -0.39 is 0 Å². The highest BCUT2D eigenvalue weighted by molar-refractivity contribution is 5.76. The van der Waals surface area contributed by atoms with Crippen molar-refractivity contribution in [3.05, 3.63) is 42.7 Å². The second kappa shape index (κ2) is 6.98. The molecule has 130 valence electrons. The van der Waals surface area contributed by atoms with Gasteiger partial charge in [-0.05, 0) is 24.3 Å².